The van der Waals surface area contributed by atoms with Gasteiger partial charge in [0.05, 0.1) is 20.3 Å². The number of hydrogen-bond donors (Lipinski definition) is 2. The minimum atomic E-state index is -0.347. The number of nitrogens with one attached hydrogen (secondary N) is 2. The molecule has 42 heavy (non-hydrogen) atoms. The maximum absolute atomic E-state index is 13.1. The molecule has 1 saturated heterocycles. The van der Waals surface area contributed by atoms with Gasteiger partial charge in [-0.1, -0.05) is 71.8 Å². The Kier molecular flexibility index (Phi) is 34.2. The molecule has 1 rings (SSSR count). The molecule has 0 aliphatic carbocycles. The van der Waals surface area contributed by atoms with Crippen LogP contribution >= 0.6 is 0 Å². The van der Waals surface area contributed by atoms with Gasteiger partial charge in [-0.2, -0.15) is 0 Å². The topological polar surface area (TPSA) is 85.9 Å². The number of methoxy groups -OCH3 is 1. The first-order valence-electron chi connectivity index (χ1n) is 15.5. The van der Waals surface area contributed by atoms with E-state index >= 15 is 0 Å². The number of unbranched alkanes of at least 4 members (excludes halogenated alkanes) is 1. The van der Waals surface area contributed by atoms with Crippen LogP contribution < -0.4 is 10.6 Å². The number of ether oxygens (including phenoxy) is 3. The highest BCUT2D eigenvalue weighted by atomic mass is 19.1. The molecule has 0 aromatic rings. The number of amides is 1. The van der Waals surface area contributed by atoms with Gasteiger partial charge in [0.25, 0.3) is 0 Å². The van der Waals surface area contributed by atoms with Gasteiger partial charge in [-0.3, -0.25) is 9.59 Å². The normalized spacial score (nSPS) is 15.2. The molecule has 1 unspecified atom stereocenters. The third-order valence-corrected chi connectivity index (χ3v) is 5.70. The van der Waals surface area contributed by atoms with Gasteiger partial charge in [-0.25, -0.2) is 4.39 Å². The van der Waals surface area contributed by atoms with Crippen molar-refractivity contribution >= 4 is 11.9 Å². The molecular weight excluding hydrogens is 535 g/mol. The second-order valence-electron chi connectivity index (χ2n) is 9.17. The van der Waals surface area contributed by atoms with E-state index in [9.17, 15) is 14.0 Å². The Labute approximate surface area is 256 Å². The molecule has 7 nitrogen and oxygen atoms in total. The average molecular weight is 597 g/mol. The molecule has 8 heteroatoms. The van der Waals surface area contributed by atoms with Gasteiger partial charge in [-0.05, 0) is 63.5 Å². The molecule has 0 aromatic carbocycles. The minimum Gasteiger partial charge on any atom is -0.498 e. The van der Waals surface area contributed by atoms with E-state index in [1.807, 2.05) is 47.6 Å². The molecule has 0 radical (unpaired) electrons. The Hall–Kier alpha value is -2.71. The predicted molar refractivity (Wildman–Crippen MR) is 175 cm³/mol. The molecular formula is C34H61FN2O5. The van der Waals surface area contributed by atoms with E-state index in [1.54, 1.807) is 6.08 Å². The van der Waals surface area contributed by atoms with Crippen LogP contribution in [0, 0.1) is 5.92 Å². The number of carbonyl (C=O) groups is 2. The third kappa shape index (κ3) is 28.8. The van der Waals surface area contributed by atoms with Gasteiger partial charge in [0.2, 0.25) is 5.91 Å². The smallest absolute Gasteiger partial charge is 0.305 e. The SMILES string of the molecule is C=C/C(F)=C\C=C(/C)C/C(=C\C(=C/COCC)CNCC)OCC.CC.CCC1CNC(=O)C1.CCCCC(=O)OC. The Balaban J connectivity index is -0.000000680. The molecule has 0 spiro atoms. The van der Waals surface area contributed by atoms with Gasteiger partial charge in [0.15, 0.2) is 0 Å². The van der Waals surface area contributed by atoms with Crippen molar-refractivity contribution in [2.24, 2.45) is 5.92 Å². The highest BCUT2D eigenvalue weighted by Crippen LogP contribution is 2.16. The van der Waals surface area contributed by atoms with Crippen LogP contribution in [0.3, 0.4) is 0 Å². The van der Waals surface area contributed by atoms with Crippen LogP contribution in [0.15, 0.2) is 59.7 Å². The lowest BCUT2D eigenvalue weighted by molar-refractivity contribution is -0.140. The van der Waals surface area contributed by atoms with Crippen LogP contribution in [-0.2, 0) is 23.8 Å². The van der Waals surface area contributed by atoms with Gasteiger partial charge in [-0.15, -0.1) is 0 Å². The fourth-order valence-electron chi connectivity index (χ4n) is 3.27. The van der Waals surface area contributed by atoms with E-state index in [1.165, 1.54) is 19.3 Å². The summed E-state index contributed by atoms with van der Waals surface area (Å²) in [4.78, 5) is 20.8. The second kappa shape index (κ2) is 32.8. The Bertz CT molecular complexity index is 817. The molecule has 244 valence electrons. The zero-order valence-corrected chi connectivity index (χ0v) is 28.1. The summed E-state index contributed by atoms with van der Waals surface area (Å²) in [6.07, 6.45) is 13.5. The molecule has 1 atom stereocenters. The van der Waals surface area contributed by atoms with Crippen molar-refractivity contribution in [1.82, 2.24) is 10.6 Å². The van der Waals surface area contributed by atoms with Crippen molar-refractivity contribution in [2.45, 2.75) is 93.9 Å². The number of likely N-dealkylation sites (N-methyl/N-ethyl adjacent to an activating group) is 1. The second-order valence-corrected chi connectivity index (χ2v) is 9.17. The zero-order valence-electron chi connectivity index (χ0n) is 28.1. The maximum Gasteiger partial charge on any atom is 0.305 e. The number of rotatable bonds is 17. The maximum atomic E-state index is 13.1. The first kappa shape index (κ1) is 43.7. The summed E-state index contributed by atoms with van der Waals surface area (Å²) >= 11 is 0. The standard InChI is InChI=1S/C20H32FNO2.C6H11NO.C6H12O2.C2H6/c1-6-19(21)11-10-17(5)14-20(24-9-4)15-18(16-22-7-2)12-13-23-8-3;1-2-5-3-6(8)7-4-5;1-3-4-5-6(7)8-2;1-2/h6,10-12,15,22H,1,7-9,13-14,16H2,2-5H3;5H,2-4H2,1H3,(H,7,8);3-5H2,1-2H3;1-2H3/b17-10+,18-12+,19-11+,20-15+;;;. The zero-order chi connectivity index (χ0) is 32.6. The van der Waals surface area contributed by atoms with Gasteiger partial charge >= 0.3 is 5.97 Å². The molecule has 0 bridgehead atoms. The molecule has 0 saturated carbocycles. The van der Waals surface area contributed by atoms with Crippen molar-refractivity contribution in [2.75, 3.05) is 46.6 Å². The lowest BCUT2D eigenvalue weighted by atomic mass is 10.1. The number of hydrogen-bond acceptors (Lipinski definition) is 6. The summed E-state index contributed by atoms with van der Waals surface area (Å²) in [5, 5.41) is 6.10. The summed E-state index contributed by atoms with van der Waals surface area (Å²) in [5.41, 5.74) is 2.13. The van der Waals surface area contributed by atoms with Crippen LogP contribution in [0.25, 0.3) is 0 Å². The van der Waals surface area contributed by atoms with Crippen molar-refractivity contribution in [3.63, 3.8) is 0 Å². The third-order valence-electron chi connectivity index (χ3n) is 5.70. The lowest BCUT2D eigenvalue weighted by Crippen LogP contribution is -2.16. The molecule has 1 heterocycles. The van der Waals surface area contributed by atoms with Crippen molar-refractivity contribution in [3.05, 3.63) is 59.7 Å². The highest BCUT2D eigenvalue weighted by molar-refractivity contribution is 5.78. The first-order chi connectivity index (χ1) is 20.2. The Morgan fingerprint density at radius 3 is 2.29 bits per heavy atom. The molecule has 1 fully saturated rings. The quantitative estimate of drug-likeness (QED) is 0.0772. The van der Waals surface area contributed by atoms with E-state index in [0.29, 0.717) is 38.6 Å². The lowest BCUT2D eigenvalue weighted by Gasteiger charge is -2.11. The fraction of sp³-hybridized carbons (Fsp3) is 0.647. The molecule has 1 aliphatic rings. The highest BCUT2D eigenvalue weighted by Gasteiger charge is 2.18. The largest absolute Gasteiger partial charge is 0.498 e. The van der Waals surface area contributed by atoms with E-state index < -0.39 is 0 Å². The first-order valence-corrected chi connectivity index (χ1v) is 15.5. The average Bonchev–Trinajstić information content (AvgIpc) is 3.44. The van der Waals surface area contributed by atoms with Crippen molar-refractivity contribution in [1.29, 1.82) is 0 Å². The number of carbonyl (C=O) groups excluding carboxylic acids is 2. The van der Waals surface area contributed by atoms with Gasteiger partial charge in [0.1, 0.15) is 11.6 Å². The van der Waals surface area contributed by atoms with Gasteiger partial charge in [0, 0.05) is 39.0 Å². The number of esters is 1. The predicted octanol–water partition coefficient (Wildman–Crippen LogP) is 7.76. The Morgan fingerprint density at radius 2 is 1.83 bits per heavy atom. The van der Waals surface area contributed by atoms with E-state index in [4.69, 9.17) is 9.47 Å². The summed E-state index contributed by atoms with van der Waals surface area (Å²) < 4.78 is 28.7. The van der Waals surface area contributed by atoms with E-state index in [0.717, 1.165) is 62.2 Å². The summed E-state index contributed by atoms with van der Waals surface area (Å²) in [6, 6.07) is 0. The molecule has 1 amide bonds. The van der Waals surface area contributed by atoms with Crippen LogP contribution in [0.2, 0.25) is 0 Å². The molecule has 0 aromatic heterocycles. The van der Waals surface area contributed by atoms with E-state index in [-0.39, 0.29) is 17.7 Å². The summed E-state index contributed by atoms with van der Waals surface area (Å²) in [6.45, 7) is 23.9. The number of allylic oxidation sites excluding steroid dienone is 5. The van der Waals surface area contributed by atoms with Crippen LogP contribution in [0.5, 0.6) is 0 Å². The van der Waals surface area contributed by atoms with Crippen LogP contribution in [-0.4, -0.2) is 58.4 Å². The number of halogens is 1. The van der Waals surface area contributed by atoms with E-state index in [2.05, 4.69) is 41.9 Å². The fourth-order valence-corrected chi connectivity index (χ4v) is 3.27. The van der Waals surface area contributed by atoms with Crippen LogP contribution in [0.4, 0.5) is 4.39 Å². The summed E-state index contributed by atoms with van der Waals surface area (Å²) in [5.74, 6) is 1.24. The van der Waals surface area contributed by atoms with Crippen molar-refractivity contribution < 1.29 is 28.2 Å². The molecule has 2 N–H and O–H groups in total. The summed E-state index contributed by atoms with van der Waals surface area (Å²) in [7, 11) is 1.41. The van der Waals surface area contributed by atoms with Crippen molar-refractivity contribution in [3.8, 4) is 0 Å². The molecule has 1 aliphatic heterocycles. The van der Waals surface area contributed by atoms with Crippen LogP contribution in [0.1, 0.15) is 93.9 Å². The minimum absolute atomic E-state index is 0.105. The Morgan fingerprint density at radius 1 is 1.14 bits per heavy atom. The van der Waals surface area contributed by atoms with Gasteiger partial charge < -0.3 is 24.8 Å². The monoisotopic (exact) mass is 596 g/mol.